The molecule has 0 saturated heterocycles. The number of aliphatic hydroxyl groups excluding tert-OH is 1. The van der Waals surface area contributed by atoms with Crippen molar-refractivity contribution in [3.8, 4) is 10.8 Å². The molecule has 0 fully saturated rings. The van der Waals surface area contributed by atoms with Gasteiger partial charge in [-0.25, -0.2) is 4.98 Å². The number of hydrogen-bond acceptors (Lipinski definition) is 9. The smallest absolute Gasteiger partial charge is 0.314 e. The molecule has 0 saturated carbocycles. The van der Waals surface area contributed by atoms with Crippen LogP contribution in [0.15, 0.2) is 28.9 Å². The molecule has 7 nitrogen and oxygen atoms in total. The van der Waals surface area contributed by atoms with Gasteiger partial charge in [-0.3, -0.25) is 4.98 Å². The van der Waals surface area contributed by atoms with Crippen LogP contribution >= 0.6 is 23.3 Å². The van der Waals surface area contributed by atoms with Gasteiger partial charge in [-0.1, -0.05) is 6.92 Å². The molecule has 0 aliphatic carbocycles. The molecule has 3 aromatic heterocycles. The summed E-state index contributed by atoms with van der Waals surface area (Å²) in [6.45, 7) is 4.19. The van der Waals surface area contributed by atoms with Crippen molar-refractivity contribution in [3.05, 3.63) is 41.1 Å². The number of rotatable bonds is 8. The van der Waals surface area contributed by atoms with Crippen LogP contribution in [-0.2, 0) is 6.54 Å². The predicted octanol–water partition coefficient (Wildman–Crippen LogP) is 4.25. The van der Waals surface area contributed by atoms with E-state index in [2.05, 4.69) is 20.2 Å². The summed E-state index contributed by atoms with van der Waals surface area (Å²) in [6.07, 6.45) is -0.189. The first-order chi connectivity index (χ1) is 13.0. The van der Waals surface area contributed by atoms with Gasteiger partial charge in [-0.2, -0.15) is 8.78 Å². The molecule has 0 amide bonds. The van der Waals surface area contributed by atoms with Crippen molar-refractivity contribution in [1.82, 2.24) is 20.2 Å². The van der Waals surface area contributed by atoms with Gasteiger partial charge in [-0.05, 0) is 31.0 Å². The summed E-state index contributed by atoms with van der Waals surface area (Å²) in [4.78, 5) is 9.13. The number of halogens is 2. The number of alkyl halides is 2. The Morgan fingerprint density at radius 3 is 2.67 bits per heavy atom. The summed E-state index contributed by atoms with van der Waals surface area (Å²) < 4.78 is 32.2. The van der Waals surface area contributed by atoms with Crippen LogP contribution in [0.5, 0.6) is 0 Å². The molecule has 144 valence electrons. The minimum atomic E-state index is -2.80. The van der Waals surface area contributed by atoms with Gasteiger partial charge in [0.1, 0.15) is 9.88 Å². The molecule has 3 heterocycles. The molecule has 3 rings (SSSR count). The van der Waals surface area contributed by atoms with Crippen LogP contribution in [0.4, 0.5) is 14.5 Å². The third-order valence-electron chi connectivity index (χ3n) is 3.44. The molecule has 27 heavy (non-hydrogen) atoms. The van der Waals surface area contributed by atoms with Crippen LogP contribution in [0.3, 0.4) is 0 Å². The summed E-state index contributed by atoms with van der Waals surface area (Å²) in [5.41, 5.74) is 1.48. The topological polar surface area (TPSA) is 88.2 Å². The van der Waals surface area contributed by atoms with Crippen molar-refractivity contribution in [2.45, 2.75) is 32.9 Å². The number of pyridine rings is 1. The number of hydrogen-bond donors (Lipinski definition) is 1. The number of aromatic nitrogens is 4. The molecule has 0 radical (unpaired) electrons. The molecule has 1 atom stereocenters. The number of thiazole rings is 1. The molecular formula is C16H17F2N5O2S2. The number of aliphatic hydroxyl groups is 1. The molecule has 1 N–H and O–H groups in total. The second kappa shape index (κ2) is 8.72. The normalized spacial score (nSPS) is 12.5. The zero-order valence-electron chi connectivity index (χ0n) is 14.5. The van der Waals surface area contributed by atoms with E-state index in [1.54, 1.807) is 31.1 Å². The average Bonchev–Trinajstić information content (AvgIpc) is 3.31. The maximum atomic E-state index is 12.6. The number of anilines is 1. The van der Waals surface area contributed by atoms with Crippen LogP contribution < -0.4 is 4.31 Å². The monoisotopic (exact) mass is 413 g/mol. The largest absolute Gasteiger partial charge is 0.414 e. The maximum absolute atomic E-state index is 12.6. The van der Waals surface area contributed by atoms with Crippen molar-refractivity contribution in [3.63, 3.8) is 0 Å². The molecule has 0 aliphatic heterocycles. The molecule has 0 aliphatic rings. The molecule has 3 aromatic rings. The van der Waals surface area contributed by atoms with Gasteiger partial charge in [0.25, 0.3) is 11.8 Å². The Hall–Kier alpha value is -2.11. The van der Waals surface area contributed by atoms with E-state index >= 15 is 0 Å². The highest BCUT2D eigenvalue weighted by Crippen LogP contribution is 2.31. The highest BCUT2D eigenvalue weighted by atomic mass is 32.2. The van der Waals surface area contributed by atoms with Crippen molar-refractivity contribution in [1.29, 1.82) is 0 Å². The third-order valence-corrected chi connectivity index (χ3v) is 5.32. The van der Waals surface area contributed by atoms with E-state index in [4.69, 9.17) is 4.42 Å². The number of nitrogens with zero attached hydrogens (tertiary/aromatic N) is 5. The third kappa shape index (κ3) is 4.79. The summed E-state index contributed by atoms with van der Waals surface area (Å²) >= 11 is 2.90. The van der Waals surface area contributed by atoms with Crippen molar-refractivity contribution >= 4 is 29.0 Å². The van der Waals surface area contributed by atoms with E-state index in [0.717, 1.165) is 16.4 Å². The van der Waals surface area contributed by atoms with Crippen LogP contribution in [0.25, 0.3) is 10.8 Å². The molecular weight excluding hydrogens is 396 g/mol. The van der Waals surface area contributed by atoms with E-state index in [9.17, 15) is 13.9 Å². The lowest BCUT2D eigenvalue weighted by atomic mass is 10.2. The quantitative estimate of drug-likeness (QED) is 0.548. The van der Waals surface area contributed by atoms with E-state index in [0.29, 0.717) is 17.1 Å². The Morgan fingerprint density at radius 1 is 1.26 bits per heavy atom. The van der Waals surface area contributed by atoms with Gasteiger partial charge < -0.3 is 13.8 Å². The fourth-order valence-electron chi connectivity index (χ4n) is 2.19. The van der Waals surface area contributed by atoms with Gasteiger partial charge in [0.2, 0.25) is 0 Å². The van der Waals surface area contributed by atoms with E-state index in [-0.39, 0.29) is 5.89 Å². The first kappa shape index (κ1) is 19.6. The van der Waals surface area contributed by atoms with Crippen LogP contribution in [0.1, 0.15) is 43.0 Å². The fourth-order valence-corrected chi connectivity index (χ4v) is 3.88. The lowest BCUT2D eigenvalue weighted by Gasteiger charge is -2.21. The zero-order chi connectivity index (χ0) is 19.4. The van der Waals surface area contributed by atoms with Gasteiger partial charge in [0, 0.05) is 5.75 Å². The average molecular weight is 413 g/mol. The predicted molar refractivity (Wildman–Crippen MR) is 99.5 cm³/mol. The lowest BCUT2D eigenvalue weighted by Crippen LogP contribution is -2.14. The van der Waals surface area contributed by atoms with E-state index in [1.165, 1.54) is 17.5 Å². The Morgan fingerprint density at radius 2 is 2.07 bits per heavy atom. The zero-order valence-corrected chi connectivity index (χ0v) is 16.2. The van der Waals surface area contributed by atoms with Crippen molar-refractivity contribution in [2.75, 3.05) is 10.1 Å². The van der Waals surface area contributed by atoms with Crippen LogP contribution in [-0.4, -0.2) is 31.0 Å². The van der Waals surface area contributed by atoms with Crippen LogP contribution in [0, 0.1) is 0 Å². The maximum Gasteiger partial charge on any atom is 0.314 e. The van der Waals surface area contributed by atoms with Crippen LogP contribution in [0.2, 0.25) is 0 Å². The minimum Gasteiger partial charge on any atom is -0.414 e. The van der Waals surface area contributed by atoms with Gasteiger partial charge in [0.15, 0.2) is 0 Å². The van der Waals surface area contributed by atoms with Crippen molar-refractivity contribution in [2.24, 2.45) is 0 Å². The first-order valence-electron chi connectivity index (χ1n) is 8.09. The summed E-state index contributed by atoms with van der Waals surface area (Å²) in [5, 5.41) is 17.3. The Labute approximate surface area is 162 Å². The summed E-state index contributed by atoms with van der Waals surface area (Å²) in [5.74, 6) is 0.178. The molecule has 0 spiro atoms. The van der Waals surface area contributed by atoms with Gasteiger partial charge in [-0.15, -0.1) is 21.5 Å². The summed E-state index contributed by atoms with van der Waals surface area (Å²) in [6, 6.07) is 3.67. The van der Waals surface area contributed by atoms with E-state index < -0.39 is 18.4 Å². The van der Waals surface area contributed by atoms with Gasteiger partial charge >= 0.3 is 6.43 Å². The highest BCUT2D eigenvalue weighted by molar-refractivity contribution is 8.00. The minimum absolute atomic E-state index is 0.0340. The highest BCUT2D eigenvalue weighted by Gasteiger charge is 2.19. The fraction of sp³-hybridized carbons (Fsp3) is 0.375. The van der Waals surface area contributed by atoms with Crippen molar-refractivity contribution < 1.29 is 18.3 Å². The van der Waals surface area contributed by atoms with E-state index in [1.807, 2.05) is 17.3 Å². The summed E-state index contributed by atoms with van der Waals surface area (Å²) in [7, 11) is 0. The van der Waals surface area contributed by atoms with Gasteiger partial charge in [0.05, 0.1) is 36.4 Å². The standard InChI is InChI=1S/C16H17F2N5O2S2/c1-3-26-23(10-4-5-11(9(2)24)19-6-10)8-13-20-7-12(27-13)15-21-22-16(25-15)14(17)18/h4-7,9,14,24H,3,8H2,1-2H3. The SMILES string of the molecule is CCSN(Cc1ncc(-c2nnc(C(F)F)o2)s1)c1ccc(C(C)O)nc1. The Bertz CT molecular complexity index is 870. The molecule has 0 aromatic carbocycles. The Balaban J connectivity index is 1.75. The second-order valence-corrected chi connectivity index (χ2v) is 7.83. The molecule has 1 unspecified atom stereocenters. The molecule has 0 bridgehead atoms. The Kier molecular flexibility index (Phi) is 6.34. The second-order valence-electron chi connectivity index (χ2n) is 5.44. The molecule has 11 heteroatoms. The lowest BCUT2D eigenvalue weighted by molar-refractivity contribution is 0.116. The first-order valence-corrected chi connectivity index (χ1v) is 9.85.